The number of carbonyl (C=O) groups is 1. The average molecular weight is 395 g/mol. The van der Waals surface area contributed by atoms with Crippen molar-refractivity contribution in [2.75, 3.05) is 20.8 Å². The molecule has 1 saturated heterocycles. The fraction of sp³-hybridized carbons (Fsp3) is 0.412. The maximum Gasteiger partial charge on any atom is 0.325 e. The molecule has 1 aromatic carbocycles. The summed E-state index contributed by atoms with van der Waals surface area (Å²) in [5.74, 6) is 0.0880. The molecule has 10 heteroatoms. The number of carboxylic acids is 1. The van der Waals surface area contributed by atoms with Gasteiger partial charge in [0.2, 0.25) is 10.0 Å². The van der Waals surface area contributed by atoms with Crippen molar-refractivity contribution in [1.82, 2.24) is 14.1 Å². The smallest absolute Gasteiger partial charge is 0.325 e. The number of nitrogens with zero attached hydrogens (tertiary/aromatic N) is 3. The highest BCUT2D eigenvalue weighted by molar-refractivity contribution is 7.89. The predicted octanol–water partition coefficient (Wildman–Crippen LogP) is 1.51. The molecule has 0 radical (unpaired) electrons. The highest BCUT2D eigenvalue weighted by Crippen LogP contribution is 2.41. The molecule has 1 atom stereocenters. The normalized spacial score (nSPS) is 17.8. The van der Waals surface area contributed by atoms with Crippen LogP contribution in [0.2, 0.25) is 0 Å². The Morgan fingerprint density at radius 2 is 2.11 bits per heavy atom. The number of methoxy groups -OCH3 is 2. The van der Waals surface area contributed by atoms with E-state index in [1.807, 2.05) is 6.07 Å². The molecule has 0 spiro atoms. The van der Waals surface area contributed by atoms with Gasteiger partial charge in [0.05, 0.1) is 26.5 Å². The highest BCUT2D eigenvalue weighted by atomic mass is 32.2. The number of benzene rings is 1. The minimum Gasteiger partial charge on any atom is -0.497 e. The Kier molecular flexibility index (Phi) is 5.38. The molecule has 0 aliphatic carbocycles. The summed E-state index contributed by atoms with van der Waals surface area (Å²) in [4.78, 5) is 10.8. The van der Waals surface area contributed by atoms with Crippen LogP contribution in [0.5, 0.6) is 11.5 Å². The summed E-state index contributed by atoms with van der Waals surface area (Å²) >= 11 is 0. The number of aliphatic carboxylic acids is 1. The van der Waals surface area contributed by atoms with Crippen molar-refractivity contribution in [2.45, 2.75) is 30.3 Å². The lowest BCUT2D eigenvalue weighted by molar-refractivity contribution is -0.137. The van der Waals surface area contributed by atoms with Crippen molar-refractivity contribution in [2.24, 2.45) is 0 Å². The van der Waals surface area contributed by atoms with Gasteiger partial charge in [0, 0.05) is 24.4 Å². The Hall–Kier alpha value is -2.59. The summed E-state index contributed by atoms with van der Waals surface area (Å²) in [7, 11) is -0.740. The molecule has 3 rings (SSSR count). The fourth-order valence-electron chi connectivity index (χ4n) is 3.27. The van der Waals surface area contributed by atoms with Gasteiger partial charge in [0.1, 0.15) is 22.9 Å². The topological polar surface area (TPSA) is 111 Å². The first kappa shape index (κ1) is 19.2. The van der Waals surface area contributed by atoms with Crippen LogP contribution in [-0.2, 0) is 21.4 Å². The first-order chi connectivity index (χ1) is 12.9. The number of hydrogen-bond acceptors (Lipinski definition) is 6. The van der Waals surface area contributed by atoms with Crippen LogP contribution >= 0.6 is 0 Å². The lowest BCUT2D eigenvalue weighted by Crippen LogP contribution is -2.30. The van der Waals surface area contributed by atoms with Gasteiger partial charge < -0.3 is 14.6 Å². The molecule has 1 aromatic heterocycles. The van der Waals surface area contributed by atoms with Crippen LogP contribution in [0.3, 0.4) is 0 Å². The zero-order valence-corrected chi connectivity index (χ0v) is 15.8. The number of ether oxygens (including phenoxy) is 2. The molecule has 146 valence electrons. The molecule has 0 bridgehead atoms. The molecule has 27 heavy (non-hydrogen) atoms. The molecule has 0 amide bonds. The third-order valence-electron chi connectivity index (χ3n) is 4.52. The number of rotatable bonds is 7. The van der Waals surface area contributed by atoms with Gasteiger partial charge in [-0.2, -0.15) is 9.40 Å². The second-order valence-electron chi connectivity index (χ2n) is 6.15. The maximum atomic E-state index is 13.1. The SMILES string of the molecule is COc1ccc(C2CCCN2S(=O)(=O)c2cnn(CC(=O)O)c2)c(OC)c1. The molecular weight excluding hydrogens is 374 g/mol. The van der Waals surface area contributed by atoms with Gasteiger partial charge in [-0.1, -0.05) is 6.07 Å². The lowest BCUT2D eigenvalue weighted by Gasteiger charge is -2.25. The summed E-state index contributed by atoms with van der Waals surface area (Å²) in [6.45, 7) is -0.0302. The third-order valence-corrected chi connectivity index (χ3v) is 6.38. The van der Waals surface area contributed by atoms with Crippen molar-refractivity contribution in [3.8, 4) is 11.5 Å². The number of carboxylic acid groups (broad SMARTS) is 1. The lowest BCUT2D eigenvalue weighted by atomic mass is 10.0. The number of sulfonamides is 1. The van der Waals surface area contributed by atoms with Crippen LogP contribution in [-0.4, -0.2) is 54.3 Å². The quantitative estimate of drug-likeness (QED) is 0.756. The Morgan fingerprint density at radius 1 is 1.33 bits per heavy atom. The summed E-state index contributed by atoms with van der Waals surface area (Å²) in [5, 5.41) is 12.7. The molecule has 1 fully saturated rings. The monoisotopic (exact) mass is 395 g/mol. The van der Waals surface area contributed by atoms with E-state index in [-0.39, 0.29) is 10.9 Å². The van der Waals surface area contributed by atoms with E-state index in [1.54, 1.807) is 19.2 Å². The first-order valence-corrected chi connectivity index (χ1v) is 9.79. The van der Waals surface area contributed by atoms with Crippen LogP contribution in [0.1, 0.15) is 24.4 Å². The molecule has 1 unspecified atom stereocenters. The average Bonchev–Trinajstić information content (AvgIpc) is 3.30. The minimum atomic E-state index is -3.82. The van der Waals surface area contributed by atoms with Gasteiger partial charge in [-0.05, 0) is 18.9 Å². The van der Waals surface area contributed by atoms with Crippen molar-refractivity contribution < 1.29 is 27.8 Å². The Morgan fingerprint density at radius 3 is 2.78 bits per heavy atom. The first-order valence-electron chi connectivity index (χ1n) is 8.35. The zero-order valence-electron chi connectivity index (χ0n) is 15.0. The summed E-state index contributed by atoms with van der Waals surface area (Å²) in [6.07, 6.45) is 3.79. The number of hydrogen-bond donors (Lipinski definition) is 1. The van der Waals surface area contributed by atoms with E-state index in [0.29, 0.717) is 30.9 Å². The number of aromatic nitrogens is 2. The van der Waals surface area contributed by atoms with E-state index in [1.165, 1.54) is 23.8 Å². The molecule has 2 aromatic rings. The predicted molar refractivity (Wildman–Crippen MR) is 95.3 cm³/mol. The molecule has 0 saturated carbocycles. The van der Waals surface area contributed by atoms with E-state index in [4.69, 9.17) is 14.6 Å². The molecule has 2 heterocycles. The van der Waals surface area contributed by atoms with Crippen molar-refractivity contribution >= 4 is 16.0 Å². The fourth-order valence-corrected chi connectivity index (χ4v) is 4.90. The second kappa shape index (κ2) is 7.57. The Bertz CT molecular complexity index is 940. The zero-order chi connectivity index (χ0) is 19.6. The standard InChI is InChI=1S/C17H21N3O6S/c1-25-12-5-6-14(16(8-12)26-2)15-4-3-7-20(15)27(23,24)13-9-18-19(10-13)11-17(21)22/h5-6,8-10,15H,3-4,7,11H2,1-2H3,(H,21,22). The second-order valence-corrected chi connectivity index (χ2v) is 8.04. The van der Waals surface area contributed by atoms with Crippen molar-refractivity contribution in [3.63, 3.8) is 0 Å². The molecule has 1 aliphatic rings. The van der Waals surface area contributed by atoms with E-state index in [0.717, 1.165) is 10.2 Å². The van der Waals surface area contributed by atoms with Crippen LogP contribution in [0.25, 0.3) is 0 Å². The Balaban J connectivity index is 1.94. The van der Waals surface area contributed by atoms with E-state index in [2.05, 4.69) is 5.10 Å². The van der Waals surface area contributed by atoms with Crippen molar-refractivity contribution in [3.05, 3.63) is 36.2 Å². The maximum absolute atomic E-state index is 13.1. The highest BCUT2D eigenvalue weighted by Gasteiger charge is 2.38. The molecular formula is C17H21N3O6S. The summed E-state index contributed by atoms with van der Waals surface area (Å²) < 4.78 is 39.3. The van der Waals surface area contributed by atoms with Crippen LogP contribution in [0.4, 0.5) is 0 Å². The van der Waals surface area contributed by atoms with E-state index < -0.39 is 22.5 Å². The largest absolute Gasteiger partial charge is 0.497 e. The third kappa shape index (κ3) is 3.76. The van der Waals surface area contributed by atoms with Gasteiger partial charge in [-0.3, -0.25) is 9.48 Å². The Labute approximate surface area is 157 Å². The van der Waals surface area contributed by atoms with E-state index >= 15 is 0 Å². The van der Waals surface area contributed by atoms with Crippen LogP contribution < -0.4 is 9.47 Å². The van der Waals surface area contributed by atoms with Gasteiger partial charge >= 0.3 is 5.97 Å². The van der Waals surface area contributed by atoms with Gasteiger partial charge in [0.15, 0.2) is 0 Å². The van der Waals surface area contributed by atoms with Crippen molar-refractivity contribution in [1.29, 1.82) is 0 Å². The van der Waals surface area contributed by atoms with Crippen LogP contribution in [0, 0.1) is 0 Å². The minimum absolute atomic E-state index is 0.0249. The van der Waals surface area contributed by atoms with Crippen LogP contribution in [0.15, 0.2) is 35.5 Å². The van der Waals surface area contributed by atoms with Gasteiger partial charge in [0.25, 0.3) is 0 Å². The molecule has 1 aliphatic heterocycles. The molecule has 9 nitrogen and oxygen atoms in total. The van der Waals surface area contributed by atoms with Gasteiger partial charge in [-0.25, -0.2) is 8.42 Å². The summed E-state index contributed by atoms with van der Waals surface area (Å²) in [6, 6.07) is 4.93. The molecule has 1 N–H and O–H groups in total. The van der Waals surface area contributed by atoms with Gasteiger partial charge in [-0.15, -0.1) is 0 Å². The van der Waals surface area contributed by atoms with E-state index in [9.17, 15) is 13.2 Å². The summed E-state index contributed by atoms with van der Waals surface area (Å²) in [5.41, 5.74) is 0.761.